The maximum atomic E-state index is 13.3. The second kappa shape index (κ2) is 4.48. The quantitative estimate of drug-likeness (QED) is 0.561. The topological polar surface area (TPSA) is 9.23 Å². The van der Waals surface area contributed by atoms with Gasteiger partial charge in [0.2, 0.25) is 0 Å². The fourth-order valence-electron chi connectivity index (χ4n) is 2.05. The molecule has 1 aromatic carbocycles. The molecule has 1 aromatic rings. The molecule has 0 spiro atoms. The summed E-state index contributed by atoms with van der Waals surface area (Å²) in [5, 5.41) is -2.47. The Morgan fingerprint density at radius 2 is 1.80 bits per heavy atom. The van der Waals surface area contributed by atoms with E-state index >= 15 is 0 Å². The lowest BCUT2D eigenvalue weighted by molar-refractivity contribution is -0.283. The molecule has 1 aliphatic rings. The van der Waals surface area contributed by atoms with Crippen molar-refractivity contribution in [3.63, 3.8) is 0 Å². The summed E-state index contributed by atoms with van der Waals surface area (Å²) in [6, 6.07) is 3.78. The van der Waals surface area contributed by atoms with Crippen molar-refractivity contribution in [3.05, 3.63) is 29.3 Å². The van der Waals surface area contributed by atoms with E-state index in [0.29, 0.717) is 17.9 Å². The maximum absolute atomic E-state index is 13.3. The third-order valence-corrected chi connectivity index (χ3v) is 3.84. The highest BCUT2D eigenvalue weighted by Crippen LogP contribution is 2.49. The highest BCUT2D eigenvalue weighted by Gasteiger charge is 2.62. The molecule has 0 aliphatic carbocycles. The number of hydrogen-bond acceptors (Lipinski definition) is 1. The number of fused-ring (bicyclic) bond motifs is 1. The molecular formula is C13H12ClF5O. The Morgan fingerprint density at radius 3 is 2.35 bits per heavy atom. The van der Waals surface area contributed by atoms with Crippen molar-refractivity contribution in [2.45, 2.75) is 36.7 Å². The zero-order valence-electron chi connectivity index (χ0n) is 10.7. The number of benzene rings is 1. The van der Waals surface area contributed by atoms with Crippen molar-refractivity contribution in [1.29, 1.82) is 0 Å². The van der Waals surface area contributed by atoms with Gasteiger partial charge in [0.1, 0.15) is 11.1 Å². The van der Waals surface area contributed by atoms with Gasteiger partial charge in [-0.1, -0.05) is 19.9 Å². The van der Waals surface area contributed by atoms with Gasteiger partial charge >= 0.3 is 12.1 Å². The summed E-state index contributed by atoms with van der Waals surface area (Å²) in [7, 11) is 0. The smallest absolute Gasteiger partial charge is 0.455 e. The summed E-state index contributed by atoms with van der Waals surface area (Å²) in [6.07, 6.45) is -5.69. The molecule has 0 amide bonds. The van der Waals surface area contributed by atoms with Crippen molar-refractivity contribution in [1.82, 2.24) is 0 Å². The molecule has 2 rings (SSSR count). The third kappa shape index (κ3) is 2.34. The zero-order chi connectivity index (χ0) is 15.3. The van der Waals surface area contributed by atoms with Gasteiger partial charge in [-0.3, -0.25) is 0 Å². The first-order valence-electron chi connectivity index (χ1n) is 5.82. The van der Waals surface area contributed by atoms with Crippen molar-refractivity contribution < 1.29 is 26.7 Å². The van der Waals surface area contributed by atoms with Gasteiger partial charge in [-0.05, 0) is 17.7 Å². The summed E-state index contributed by atoms with van der Waals surface area (Å²) >= 11 is 5.37. The van der Waals surface area contributed by atoms with Crippen molar-refractivity contribution in [3.8, 4) is 5.75 Å². The van der Waals surface area contributed by atoms with Crippen LogP contribution in [0.3, 0.4) is 0 Å². The Balaban J connectivity index is 2.41. The minimum absolute atomic E-state index is 0.272. The lowest BCUT2D eigenvalue weighted by atomic mass is 9.85. The number of rotatable bonds is 2. The Kier molecular flexibility index (Phi) is 3.44. The van der Waals surface area contributed by atoms with Crippen LogP contribution < -0.4 is 4.74 Å². The molecule has 0 saturated heterocycles. The van der Waals surface area contributed by atoms with Crippen LogP contribution in [-0.4, -0.2) is 18.7 Å². The van der Waals surface area contributed by atoms with E-state index in [2.05, 4.69) is 0 Å². The average Bonchev–Trinajstić information content (AvgIpc) is 2.63. The molecule has 1 nitrogen and oxygen atoms in total. The van der Waals surface area contributed by atoms with E-state index in [1.807, 2.05) is 13.8 Å². The summed E-state index contributed by atoms with van der Waals surface area (Å²) in [5.41, 5.74) is -0.139. The highest BCUT2D eigenvalue weighted by atomic mass is 35.5. The highest BCUT2D eigenvalue weighted by molar-refractivity contribution is 6.21. The van der Waals surface area contributed by atoms with E-state index in [1.165, 1.54) is 12.1 Å². The zero-order valence-corrected chi connectivity index (χ0v) is 11.4. The molecule has 20 heavy (non-hydrogen) atoms. The first-order valence-corrected chi connectivity index (χ1v) is 6.26. The second-order valence-corrected chi connectivity index (χ2v) is 5.85. The minimum atomic E-state index is -5.69. The van der Waals surface area contributed by atoms with Crippen LogP contribution in [0.1, 0.15) is 30.4 Å². The molecule has 0 N–H and O–H groups in total. The van der Waals surface area contributed by atoms with Crippen LogP contribution in [0.2, 0.25) is 0 Å². The van der Waals surface area contributed by atoms with Crippen LogP contribution in [0.4, 0.5) is 22.0 Å². The Morgan fingerprint density at radius 1 is 1.20 bits per heavy atom. The van der Waals surface area contributed by atoms with Crippen LogP contribution in [0.5, 0.6) is 5.75 Å². The minimum Gasteiger partial charge on any atom is -0.492 e. The summed E-state index contributed by atoms with van der Waals surface area (Å²) in [5.74, 6) is -4.51. The van der Waals surface area contributed by atoms with Gasteiger partial charge < -0.3 is 4.74 Å². The average molecular weight is 315 g/mol. The van der Waals surface area contributed by atoms with E-state index in [1.54, 1.807) is 0 Å². The predicted molar refractivity (Wildman–Crippen MR) is 64.6 cm³/mol. The summed E-state index contributed by atoms with van der Waals surface area (Å²) in [4.78, 5) is 0. The normalized spacial score (nSPS) is 19.4. The largest absolute Gasteiger partial charge is 0.492 e. The maximum Gasteiger partial charge on any atom is 0.455 e. The predicted octanol–water partition coefficient (Wildman–Crippen LogP) is 4.83. The standard InChI is InChI=1S/C13H12ClF5O/c1-11(2)6-20-9-4-3-7(5-8(9)11)10(14)12(15,16)13(17,18)19/h3-5,10H,6H2,1-2H3. The van der Waals surface area contributed by atoms with Gasteiger partial charge in [0.05, 0.1) is 6.61 Å². The molecule has 1 heterocycles. The van der Waals surface area contributed by atoms with E-state index in [4.69, 9.17) is 16.3 Å². The molecule has 0 saturated carbocycles. The number of halogens is 6. The van der Waals surface area contributed by atoms with Gasteiger partial charge in [-0.15, -0.1) is 11.6 Å². The number of ether oxygens (including phenoxy) is 1. The van der Waals surface area contributed by atoms with Crippen molar-refractivity contribution in [2.24, 2.45) is 0 Å². The third-order valence-electron chi connectivity index (χ3n) is 3.31. The van der Waals surface area contributed by atoms with Gasteiger partial charge in [0.15, 0.2) is 0 Å². The van der Waals surface area contributed by atoms with E-state index in [-0.39, 0.29) is 5.56 Å². The van der Waals surface area contributed by atoms with Gasteiger partial charge in [0.25, 0.3) is 0 Å². The van der Waals surface area contributed by atoms with Crippen molar-refractivity contribution >= 4 is 11.6 Å². The van der Waals surface area contributed by atoms with Gasteiger partial charge in [-0.25, -0.2) is 0 Å². The molecule has 0 radical (unpaired) electrons. The molecule has 0 aromatic heterocycles. The first kappa shape index (κ1) is 15.4. The molecule has 112 valence electrons. The van der Waals surface area contributed by atoms with Crippen LogP contribution in [0.25, 0.3) is 0 Å². The van der Waals surface area contributed by atoms with E-state index in [0.717, 1.165) is 6.07 Å². The van der Waals surface area contributed by atoms with E-state index < -0.39 is 22.9 Å². The Bertz CT molecular complexity index is 524. The van der Waals surface area contributed by atoms with Crippen LogP contribution in [0.15, 0.2) is 18.2 Å². The molecule has 1 aliphatic heterocycles. The SMILES string of the molecule is CC1(C)COc2ccc(C(Cl)C(F)(F)C(F)(F)F)cc21. The van der Waals surface area contributed by atoms with Crippen LogP contribution >= 0.6 is 11.6 Å². The van der Waals surface area contributed by atoms with E-state index in [9.17, 15) is 22.0 Å². The molecule has 7 heteroatoms. The first-order chi connectivity index (χ1) is 8.97. The molecule has 1 unspecified atom stereocenters. The fourth-order valence-corrected chi connectivity index (χ4v) is 2.31. The lowest BCUT2D eigenvalue weighted by Gasteiger charge is -2.25. The monoisotopic (exact) mass is 314 g/mol. The second-order valence-electron chi connectivity index (χ2n) is 5.41. The van der Waals surface area contributed by atoms with Crippen LogP contribution in [-0.2, 0) is 5.41 Å². The molecule has 1 atom stereocenters. The van der Waals surface area contributed by atoms with Crippen molar-refractivity contribution in [2.75, 3.05) is 6.61 Å². The summed E-state index contributed by atoms with van der Waals surface area (Å²) < 4.78 is 68.9. The lowest BCUT2D eigenvalue weighted by Crippen LogP contribution is -2.40. The number of hydrogen-bond donors (Lipinski definition) is 0. The number of alkyl halides is 6. The van der Waals surface area contributed by atoms with Gasteiger partial charge in [-0.2, -0.15) is 22.0 Å². The Hall–Kier alpha value is -1.04. The molecule has 0 bridgehead atoms. The molecular weight excluding hydrogens is 303 g/mol. The van der Waals surface area contributed by atoms with Gasteiger partial charge in [0, 0.05) is 11.0 Å². The summed E-state index contributed by atoms with van der Waals surface area (Å²) in [6.45, 7) is 3.97. The molecule has 0 fully saturated rings. The Labute approximate surface area is 117 Å². The fraction of sp³-hybridized carbons (Fsp3) is 0.538. The van der Waals surface area contributed by atoms with Crippen LogP contribution in [0, 0.1) is 0 Å².